The van der Waals surface area contributed by atoms with Gasteiger partial charge in [0.15, 0.2) is 0 Å². The number of H-pyrrole nitrogens is 1. The second kappa shape index (κ2) is 6.40. The van der Waals surface area contributed by atoms with E-state index in [2.05, 4.69) is 25.3 Å². The van der Waals surface area contributed by atoms with E-state index in [9.17, 15) is 4.79 Å². The molecule has 130 valence electrons. The van der Waals surface area contributed by atoms with Gasteiger partial charge in [-0.3, -0.25) is 14.9 Å². The van der Waals surface area contributed by atoms with E-state index in [1.807, 2.05) is 25.1 Å². The van der Waals surface area contributed by atoms with Crippen LogP contribution >= 0.6 is 0 Å². The zero-order valence-corrected chi connectivity index (χ0v) is 14.3. The molecular formula is C18H16N6O2. The molecule has 0 fully saturated rings. The maximum atomic E-state index is 12.9. The summed E-state index contributed by atoms with van der Waals surface area (Å²) < 4.78 is 5.27. The first kappa shape index (κ1) is 15.9. The number of benzene rings is 1. The summed E-state index contributed by atoms with van der Waals surface area (Å²) >= 11 is 0. The Morgan fingerprint density at radius 1 is 1.31 bits per heavy atom. The lowest BCUT2D eigenvalue weighted by Gasteiger charge is -2.15. The molecule has 3 aromatic heterocycles. The Balaban J connectivity index is 1.56. The molecule has 0 spiro atoms. The number of rotatable bonds is 4. The quantitative estimate of drug-likeness (QED) is 0.608. The fraction of sp³-hybridized carbons (Fsp3) is 0.167. The summed E-state index contributed by atoms with van der Waals surface area (Å²) in [5, 5.41) is 11.8. The van der Waals surface area contributed by atoms with E-state index >= 15 is 0 Å². The van der Waals surface area contributed by atoms with Gasteiger partial charge in [-0.15, -0.1) is 0 Å². The molecule has 4 rings (SSSR count). The van der Waals surface area contributed by atoms with E-state index in [0.717, 1.165) is 16.5 Å². The number of aromatic nitrogens is 5. The summed E-state index contributed by atoms with van der Waals surface area (Å²) in [4.78, 5) is 22.8. The molecule has 1 N–H and O–H groups in total. The number of fused-ring (bicyclic) bond motifs is 1. The Kier molecular flexibility index (Phi) is 3.92. The van der Waals surface area contributed by atoms with Gasteiger partial charge < -0.3 is 9.42 Å². The number of carbonyl (C=O) groups excluding carboxylic acids is 1. The molecule has 0 unspecified atom stereocenters. The lowest BCUT2D eigenvalue weighted by Crippen LogP contribution is -2.26. The third-order valence-electron chi connectivity index (χ3n) is 4.03. The van der Waals surface area contributed by atoms with Crippen molar-refractivity contribution in [1.29, 1.82) is 0 Å². The SMILES string of the molecule is Cc1cc(C(=O)N(C)Cc2nc(-c3cccnc3)no2)c2[nH]ncc2c1. The molecule has 26 heavy (non-hydrogen) atoms. The molecule has 0 bridgehead atoms. The smallest absolute Gasteiger partial charge is 0.256 e. The van der Waals surface area contributed by atoms with Gasteiger partial charge in [0.2, 0.25) is 11.7 Å². The van der Waals surface area contributed by atoms with Gasteiger partial charge in [0.05, 0.1) is 23.8 Å². The average Bonchev–Trinajstić information content (AvgIpc) is 3.30. The van der Waals surface area contributed by atoms with Crippen molar-refractivity contribution < 1.29 is 9.32 Å². The molecule has 0 radical (unpaired) electrons. The molecule has 0 aliphatic rings. The van der Waals surface area contributed by atoms with Crippen LogP contribution in [0.15, 0.2) is 47.4 Å². The number of hydrogen-bond donors (Lipinski definition) is 1. The monoisotopic (exact) mass is 348 g/mol. The Bertz CT molecular complexity index is 1070. The fourth-order valence-electron chi connectivity index (χ4n) is 2.79. The van der Waals surface area contributed by atoms with Gasteiger partial charge in [-0.1, -0.05) is 5.16 Å². The van der Waals surface area contributed by atoms with E-state index in [1.54, 1.807) is 31.7 Å². The van der Waals surface area contributed by atoms with E-state index < -0.39 is 0 Å². The highest BCUT2D eigenvalue weighted by Crippen LogP contribution is 2.21. The molecule has 4 aromatic rings. The highest BCUT2D eigenvalue weighted by atomic mass is 16.5. The largest absolute Gasteiger partial charge is 0.337 e. The Labute approximate surface area is 148 Å². The topological polar surface area (TPSA) is 101 Å². The summed E-state index contributed by atoms with van der Waals surface area (Å²) in [6.45, 7) is 2.15. The summed E-state index contributed by atoms with van der Waals surface area (Å²) in [6.07, 6.45) is 5.04. The Hall–Kier alpha value is -3.55. The molecule has 0 saturated carbocycles. The number of hydrogen-bond acceptors (Lipinski definition) is 6. The zero-order chi connectivity index (χ0) is 18.1. The van der Waals surface area contributed by atoms with Crippen molar-refractivity contribution >= 4 is 16.8 Å². The maximum absolute atomic E-state index is 12.9. The van der Waals surface area contributed by atoms with Crippen molar-refractivity contribution in [2.45, 2.75) is 13.5 Å². The van der Waals surface area contributed by atoms with Gasteiger partial charge in [0.25, 0.3) is 5.91 Å². The van der Waals surface area contributed by atoms with Crippen LogP contribution in [0.1, 0.15) is 21.8 Å². The van der Waals surface area contributed by atoms with Gasteiger partial charge in [0, 0.05) is 30.4 Å². The van der Waals surface area contributed by atoms with Gasteiger partial charge in [0.1, 0.15) is 0 Å². The third kappa shape index (κ3) is 2.92. The van der Waals surface area contributed by atoms with Crippen molar-refractivity contribution in [2.24, 2.45) is 0 Å². The van der Waals surface area contributed by atoms with Gasteiger partial charge >= 0.3 is 0 Å². The van der Waals surface area contributed by atoms with E-state index in [1.165, 1.54) is 4.90 Å². The van der Waals surface area contributed by atoms with Crippen LogP contribution in [0.3, 0.4) is 0 Å². The number of carbonyl (C=O) groups is 1. The molecule has 0 aliphatic carbocycles. The molecule has 3 heterocycles. The minimum atomic E-state index is -0.149. The van der Waals surface area contributed by atoms with Crippen LogP contribution in [0.5, 0.6) is 0 Å². The molecular weight excluding hydrogens is 332 g/mol. The highest BCUT2D eigenvalue weighted by molar-refractivity contribution is 6.05. The maximum Gasteiger partial charge on any atom is 0.256 e. The number of amides is 1. The fourth-order valence-corrected chi connectivity index (χ4v) is 2.79. The van der Waals surface area contributed by atoms with Crippen molar-refractivity contribution in [3.63, 3.8) is 0 Å². The molecule has 0 aliphatic heterocycles. The normalized spacial score (nSPS) is 11.0. The first-order chi connectivity index (χ1) is 12.6. The highest BCUT2D eigenvalue weighted by Gasteiger charge is 2.19. The summed E-state index contributed by atoms with van der Waals surface area (Å²) in [5.74, 6) is 0.651. The van der Waals surface area contributed by atoms with Crippen LogP contribution in [0.2, 0.25) is 0 Å². The third-order valence-corrected chi connectivity index (χ3v) is 4.03. The van der Waals surface area contributed by atoms with E-state index in [0.29, 0.717) is 22.8 Å². The number of nitrogens with one attached hydrogen (secondary N) is 1. The van der Waals surface area contributed by atoms with Crippen LogP contribution in [-0.4, -0.2) is 43.2 Å². The summed E-state index contributed by atoms with van der Waals surface area (Å²) in [5.41, 5.74) is 3.03. The predicted molar refractivity (Wildman–Crippen MR) is 94.2 cm³/mol. The van der Waals surface area contributed by atoms with Crippen molar-refractivity contribution in [3.05, 3.63) is 59.9 Å². The van der Waals surface area contributed by atoms with Crippen molar-refractivity contribution in [2.75, 3.05) is 7.05 Å². The lowest BCUT2D eigenvalue weighted by atomic mass is 10.1. The zero-order valence-electron chi connectivity index (χ0n) is 14.3. The number of pyridine rings is 1. The molecule has 0 atom stereocenters. The second-order valence-corrected chi connectivity index (χ2v) is 6.06. The number of aryl methyl sites for hydroxylation is 1. The molecule has 0 saturated heterocycles. The van der Waals surface area contributed by atoms with Gasteiger partial charge in [-0.2, -0.15) is 10.1 Å². The second-order valence-electron chi connectivity index (χ2n) is 6.06. The standard InChI is InChI=1S/C18H16N6O2/c1-11-6-13-9-20-22-16(13)14(7-11)18(25)24(2)10-15-21-17(23-26-15)12-4-3-5-19-8-12/h3-9H,10H2,1-2H3,(H,20,22). The number of nitrogens with zero attached hydrogens (tertiary/aromatic N) is 5. The van der Waals surface area contributed by atoms with Crippen LogP contribution in [0.25, 0.3) is 22.3 Å². The Morgan fingerprint density at radius 3 is 3.00 bits per heavy atom. The minimum Gasteiger partial charge on any atom is -0.337 e. The Morgan fingerprint density at radius 2 is 2.19 bits per heavy atom. The van der Waals surface area contributed by atoms with E-state index in [-0.39, 0.29) is 12.5 Å². The van der Waals surface area contributed by atoms with Gasteiger partial charge in [-0.25, -0.2) is 0 Å². The first-order valence-electron chi connectivity index (χ1n) is 8.04. The van der Waals surface area contributed by atoms with Crippen LogP contribution in [-0.2, 0) is 6.54 Å². The molecule has 8 nitrogen and oxygen atoms in total. The molecule has 1 aromatic carbocycles. The van der Waals surface area contributed by atoms with Crippen LogP contribution in [0, 0.1) is 6.92 Å². The molecule has 1 amide bonds. The van der Waals surface area contributed by atoms with Crippen LogP contribution < -0.4 is 0 Å². The van der Waals surface area contributed by atoms with Gasteiger partial charge in [-0.05, 0) is 36.8 Å². The first-order valence-corrected chi connectivity index (χ1v) is 8.04. The minimum absolute atomic E-state index is 0.149. The van der Waals surface area contributed by atoms with E-state index in [4.69, 9.17) is 4.52 Å². The van der Waals surface area contributed by atoms with Crippen LogP contribution in [0.4, 0.5) is 0 Å². The summed E-state index contributed by atoms with van der Waals surface area (Å²) in [7, 11) is 1.70. The van der Waals surface area contributed by atoms with Crippen molar-refractivity contribution in [1.82, 2.24) is 30.2 Å². The van der Waals surface area contributed by atoms with Crippen molar-refractivity contribution in [3.8, 4) is 11.4 Å². The average molecular weight is 348 g/mol. The number of aromatic amines is 1. The summed E-state index contributed by atoms with van der Waals surface area (Å²) in [6, 6.07) is 7.47. The lowest BCUT2D eigenvalue weighted by molar-refractivity contribution is 0.0771. The predicted octanol–water partition coefficient (Wildman–Crippen LogP) is 2.59. The molecule has 8 heteroatoms.